The van der Waals surface area contributed by atoms with Gasteiger partial charge in [0.25, 0.3) is 5.91 Å². The fourth-order valence-corrected chi connectivity index (χ4v) is 1.75. The molecule has 6 nitrogen and oxygen atoms in total. The highest BCUT2D eigenvalue weighted by molar-refractivity contribution is 6.32. The molecule has 94 valence electrons. The number of H-pyrrole nitrogens is 1. The zero-order valence-electron chi connectivity index (χ0n) is 9.28. The molecule has 0 aliphatic carbocycles. The van der Waals surface area contributed by atoms with Crippen LogP contribution >= 0.6 is 11.6 Å². The van der Waals surface area contributed by atoms with Crippen molar-refractivity contribution >= 4 is 29.2 Å². The summed E-state index contributed by atoms with van der Waals surface area (Å²) in [4.78, 5) is 25.6. The summed E-state index contributed by atoms with van der Waals surface area (Å²) in [6.07, 6.45) is 2.68. The quantitative estimate of drug-likeness (QED) is 0.797. The molecule has 0 aliphatic rings. The molecule has 0 atom stereocenters. The van der Waals surface area contributed by atoms with Crippen LogP contribution in [0, 0.1) is 6.92 Å². The largest absolute Gasteiger partial charge is 0.478 e. The number of aromatic carboxylic acids is 1. The van der Waals surface area contributed by atoms with Crippen molar-refractivity contribution in [2.75, 3.05) is 5.32 Å². The first-order chi connectivity index (χ1) is 8.50. The lowest BCUT2D eigenvalue weighted by atomic mass is 10.2. The highest BCUT2D eigenvalue weighted by Crippen LogP contribution is 2.22. The molecule has 18 heavy (non-hydrogen) atoms. The van der Waals surface area contributed by atoms with Crippen molar-refractivity contribution in [2.24, 2.45) is 0 Å². The van der Waals surface area contributed by atoms with Gasteiger partial charge in [0, 0.05) is 11.9 Å². The Morgan fingerprint density at radius 1 is 1.50 bits per heavy atom. The maximum atomic E-state index is 11.8. The van der Waals surface area contributed by atoms with Crippen LogP contribution in [0.4, 0.5) is 5.69 Å². The van der Waals surface area contributed by atoms with Gasteiger partial charge in [-0.05, 0) is 24.6 Å². The van der Waals surface area contributed by atoms with Gasteiger partial charge in [-0.25, -0.2) is 4.79 Å². The number of carbonyl (C=O) groups is 2. The van der Waals surface area contributed by atoms with Gasteiger partial charge in [-0.1, -0.05) is 0 Å². The van der Waals surface area contributed by atoms with Gasteiger partial charge < -0.3 is 19.8 Å². The predicted molar refractivity (Wildman–Crippen MR) is 64.2 cm³/mol. The Kier molecular flexibility index (Phi) is 3.12. The van der Waals surface area contributed by atoms with Gasteiger partial charge in [0.05, 0.1) is 17.5 Å². The Labute approximate surface area is 107 Å². The van der Waals surface area contributed by atoms with Gasteiger partial charge in [0.2, 0.25) is 5.22 Å². The monoisotopic (exact) mass is 268 g/mol. The molecule has 2 rings (SSSR count). The van der Waals surface area contributed by atoms with Crippen molar-refractivity contribution in [3.63, 3.8) is 0 Å². The van der Waals surface area contributed by atoms with Crippen LogP contribution in [0.2, 0.25) is 5.22 Å². The lowest BCUT2D eigenvalue weighted by Crippen LogP contribution is -2.13. The number of hydrogen-bond acceptors (Lipinski definition) is 3. The molecular weight excluding hydrogens is 260 g/mol. The van der Waals surface area contributed by atoms with E-state index in [9.17, 15) is 9.59 Å². The molecule has 2 heterocycles. The number of hydrogen-bond donors (Lipinski definition) is 3. The molecule has 0 aromatic carbocycles. The van der Waals surface area contributed by atoms with E-state index in [1.807, 2.05) is 0 Å². The average Bonchev–Trinajstić information content (AvgIpc) is 2.85. The molecule has 0 spiro atoms. The Morgan fingerprint density at radius 2 is 2.22 bits per heavy atom. The number of carboxylic acid groups (broad SMARTS) is 1. The summed E-state index contributed by atoms with van der Waals surface area (Å²) >= 11 is 5.66. The van der Waals surface area contributed by atoms with E-state index in [-0.39, 0.29) is 22.0 Å². The van der Waals surface area contributed by atoms with Crippen LogP contribution in [0.5, 0.6) is 0 Å². The molecule has 0 aliphatic heterocycles. The average molecular weight is 269 g/mol. The second-order valence-electron chi connectivity index (χ2n) is 3.57. The van der Waals surface area contributed by atoms with Gasteiger partial charge >= 0.3 is 5.97 Å². The number of furan rings is 1. The molecule has 0 radical (unpaired) electrons. The maximum absolute atomic E-state index is 11.8. The van der Waals surface area contributed by atoms with E-state index < -0.39 is 11.9 Å². The number of aromatic amines is 1. The third-order valence-corrected chi connectivity index (χ3v) is 2.69. The number of carbonyl (C=O) groups excluding carboxylic acids is 1. The fraction of sp³-hybridized carbons (Fsp3) is 0.0909. The standard InChI is InChI=1S/C11H9ClN2O4/c1-5-8(11(16)17)7(4-13-5)14-10(15)6-2-3-18-9(6)12/h2-4,13H,1H3,(H,14,15)(H,16,17). The summed E-state index contributed by atoms with van der Waals surface area (Å²) in [7, 11) is 0. The van der Waals surface area contributed by atoms with E-state index in [4.69, 9.17) is 21.1 Å². The van der Waals surface area contributed by atoms with Crippen LogP contribution in [0.1, 0.15) is 26.4 Å². The minimum absolute atomic E-state index is 0.0166. The maximum Gasteiger partial charge on any atom is 0.339 e. The smallest absolute Gasteiger partial charge is 0.339 e. The number of aryl methyl sites for hydroxylation is 1. The van der Waals surface area contributed by atoms with Crippen LogP contribution in [0.25, 0.3) is 0 Å². The van der Waals surface area contributed by atoms with Crippen LogP contribution in [-0.2, 0) is 0 Å². The predicted octanol–water partition coefficient (Wildman–Crippen LogP) is 2.52. The number of nitrogens with one attached hydrogen (secondary N) is 2. The van der Waals surface area contributed by atoms with Crippen molar-refractivity contribution in [3.05, 3.63) is 40.6 Å². The van der Waals surface area contributed by atoms with E-state index in [2.05, 4.69) is 10.3 Å². The van der Waals surface area contributed by atoms with Crippen LogP contribution in [0.3, 0.4) is 0 Å². The molecule has 0 unspecified atom stereocenters. The van der Waals surface area contributed by atoms with Crippen LogP contribution in [0.15, 0.2) is 22.9 Å². The Hall–Kier alpha value is -2.21. The lowest BCUT2D eigenvalue weighted by Gasteiger charge is -2.03. The summed E-state index contributed by atoms with van der Waals surface area (Å²) in [5.41, 5.74) is 0.799. The summed E-state index contributed by atoms with van der Waals surface area (Å²) in [6.45, 7) is 1.60. The summed E-state index contributed by atoms with van der Waals surface area (Å²) in [6, 6.07) is 1.40. The molecule has 2 aromatic rings. The first-order valence-electron chi connectivity index (χ1n) is 4.96. The number of carboxylic acids is 1. The second-order valence-corrected chi connectivity index (χ2v) is 3.91. The highest BCUT2D eigenvalue weighted by Gasteiger charge is 2.19. The Balaban J connectivity index is 2.28. The van der Waals surface area contributed by atoms with Gasteiger partial charge in [0.15, 0.2) is 0 Å². The number of halogens is 1. The van der Waals surface area contributed by atoms with Crippen molar-refractivity contribution in [1.82, 2.24) is 4.98 Å². The fourth-order valence-electron chi connectivity index (χ4n) is 1.55. The topological polar surface area (TPSA) is 95.3 Å². The first-order valence-corrected chi connectivity index (χ1v) is 5.34. The molecule has 2 aromatic heterocycles. The van der Waals surface area contributed by atoms with E-state index in [1.54, 1.807) is 6.92 Å². The molecule has 0 bridgehead atoms. The zero-order chi connectivity index (χ0) is 13.3. The Bertz CT molecular complexity index is 614. The van der Waals surface area contributed by atoms with Crippen molar-refractivity contribution in [1.29, 1.82) is 0 Å². The van der Waals surface area contributed by atoms with Crippen molar-refractivity contribution in [3.8, 4) is 0 Å². The van der Waals surface area contributed by atoms with Crippen LogP contribution in [-0.4, -0.2) is 22.0 Å². The molecule has 1 amide bonds. The molecule has 0 saturated heterocycles. The molecular formula is C11H9ClN2O4. The highest BCUT2D eigenvalue weighted by atomic mass is 35.5. The van der Waals surface area contributed by atoms with Gasteiger partial charge in [-0.15, -0.1) is 0 Å². The molecule has 0 fully saturated rings. The lowest BCUT2D eigenvalue weighted by molar-refractivity contribution is 0.0697. The zero-order valence-corrected chi connectivity index (χ0v) is 10.0. The summed E-state index contributed by atoms with van der Waals surface area (Å²) < 4.78 is 4.79. The number of anilines is 1. The molecule has 3 N–H and O–H groups in total. The molecule has 0 saturated carbocycles. The summed E-state index contributed by atoms with van der Waals surface area (Å²) in [5.74, 6) is -1.66. The van der Waals surface area contributed by atoms with Crippen molar-refractivity contribution < 1.29 is 19.1 Å². The SMILES string of the molecule is Cc1[nH]cc(NC(=O)c2ccoc2Cl)c1C(=O)O. The normalized spacial score (nSPS) is 10.3. The van der Waals surface area contributed by atoms with E-state index in [1.165, 1.54) is 18.5 Å². The Morgan fingerprint density at radius 3 is 2.78 bits per heavy atom. The van der Waals surface area contributed by atoms with Gasteiger partial charge in [0.1, 0.15) is 5.56 Å². The molecule has 7 heteroatoms. The van der Waals surface area contributed by atoms with Crippen molar-refractivity contribution in [2.45, 2.75) is 6.92 Å². The minimum Gasteiger partial charge on any atom is -0.478 e. The third-order valence-electron chi connectivity index (χ3n) is 2.40. The van der Waals surface area contributed by atoms with Gasteiger partial charge in [-0.3, -0.25) is 4.79 Å². The number of rotatable bonds is 3. The van der Waals surface area contributed by atoms with E-state index in [0.717, 1.165) is 0 Å². The number of aromatic nitrogens is 1. The van der Waals surface area contributed by atoms with Gasteiger partial charge in [-0.2, -0.15) is 0 Å². The first kappa shape index (κ1) is 12.3. The van der Waals surface area contributed by atoms with E-state index in [0.29, 0.717) is 5.69 Å². The second kappa shape index (κ2) is 4.58. The number of amides is 1. The van der Waals surface area contributed by atoms with E-state index >= 15 is 0 Å². The van der Waals surface area contributed by atoms with Crippen LogP contribution < -0.4 is 5.32 Å². The summed E-state index contributed by atoms with van der Waals surface area (Å²) in [5, 5.41) is 11.4. The minimum atomic E-state index is -1.12. The third kappa shape index (κ3) is 2.10.